The van der Waals surface area contributed by atoms with Crippen LogP contribution in [-0.4, -0.2) is 34.5 Å². The Hall–Kier alpha value is -1.26. The first kappa shape index (κ1) is 15.1. The van der Waals surface area contributed by atoms with Crippen LogP contribution in [0.25, 0.3) is 0 Å². The average Bonchev–Trinajstić information content (AvgIpc) is 2.41. The molecule has 108 valence electrons. The van der Waals surface area contributed by atoms with Crippen LogP contribution in [0.5, 0.6) is 0 Å². The summed E-state index contributed by atoms with van der Waals surface area (Å²) in [5.74, 6) is -1.15. The molecule has 4 nitrogen and oxygen atoms in total. The van der Waals surface area contributed by atoms with E-state index in [0.717, 1.165) is 12.8 Å². The number of hydrogen-bond donors (Lipinski definition) is 1. The van der Waals surface area contributed by atoms with E-state index in [9.17, 15) is 14.7 Å². The summed E-state index contributed by atoms with van der Waals surface area (Å²) in [5.41, 5.74) is 0.663. The second kappa shape index (κ2) is 6.46. The molecule has 0 aromatic heterocycles. The number of carboxylic acid groups (broad SMARTS) is 1. The molecule has 1 aliphatic heterocycles. The van der Waals surface area contributed by atoms with Crippen molar-refractivity contribution in [3.05, 3.63) is 33.8 Å². The van der Waals surface area contributed by atoms with E-state index >= 15 is 0 Å². The van der Waals surface area contributed by atoms with Gasteiger partial charge in [-0.15, -0.1) is 0 Å². The third-order valence-electron chi connectivity index (χ3n) is 3.46. The number of nitrogens with zero attached hydrogens (tertiary/aromatic N) is 1. The smallest absolute Gasteiger partial charge is 0.326 e. The van der Waals surface area contributed by atoms with Gasteiger partial charge in [-0.2, -0.15) is 0 Å². The van der Waals surface area contributed by atoms with E-state index in [4.69, 9.17) is 23.2 Å². The number of carbonyl (C=O) groups excluding carboxylic acids is 1. The fourth-order valence-electron chi connectivity index (χ4n) is 2.42. The topological polar surface area (TPSA) is 57.6 Å². The van der Waals surface area contributed by atoms with Gasteiger partial charge < -0.3 is 10.0 Å². The predicted octanol–water partition coefficient (Wildman–Crippen LogP) is 3.00. The Bertz CT molecular complexity index is 533. The first-order chi connectivity index (χ1) is 9.49. The Balaban J connectivity index is 2.12. The average molecular weight is 316 g/mol. The van der Waals surface area contributed by atoms with Crippen molar-refractivity contribution in [2.75, 3.05) is 6.54 Å². The van der Waals surface area contributed by atoms with Gasteiger partial charge in [-0.3, -0.25) is 4.79 Å². The van der Waals surface area contributed by atoms with Gasteiger partial charge in [0.05, 0.1) is 6.42 Å². The fraction of sp³-hybridized carbons (Fsp3) is 0.429. The molecule has 0 saturated carbocycles. The highest BCUT2D eigenvalue weighted by Gasteiger charge is 2.31. The van der Waals surface area contributed by atoms with E-state index in [1.807, 2.05) is 0 Å². The number of carbonyl (C=O) groups is 2. The maximum atomic E-state index is 12.3. The first-order valence-corrected chi connectivity index (χ1v) is 7.21. The summed E-state index contributed by atoms with van der Waals surface area (Å²) in [6.07, 6.45) is 2.28. The summed E-state index contributed by atoms with van der Waals surface area (Å²) >= 11 is 11.8. The zero-order valence-electron chi connectivity index (χ0n) is 10.8. The molecule has 1 saturated heterocycles. The summed E-state index contributed by atoms with van der Waals surface area (Å²) in [6.45, 7) is 0.487. The first-order valence-electron chi connectivity index (χ1n) is 6.45. The van der Waals surface area contributed by atoms with Crippen LogP contribution in [0.3, 0.4) is 0 Å². The summed E-state index contributed by atoms with van der Waals surface area (Å²) in [4.78, 5) is 24.9. The summed E-state index contributed by atoms with van der Waals surface area (Å²) in [5, 5.41) is 10.1. The van der Waals surface area contributed by atoms with Crippen molar-refractivity contribution in [1.82, 2.24) is 4.90 Å². The maximum Gasteiger partial charge on any atom is 0.326 e. The van der Waals surface area contributed by atoms with Crippen LogP contribution in [-0.2, 0) is 16.0 Å². The molecule has 1 heterocycles. The molecule has 0 bridgehead atoms. The van der Waals surface area contributed by atoms with E-state index in [1.165, 1.54) is 4.90 Å². The van der Waals surface area contributed by atoms with Crippen LogP contribution in [0.2, 0.25) is 10.0 Å². The summed E-state index contributed by atoms with van der Waals surface area (Å²) in [7, 11) is 0. The van der Waals surface area contributed by atoms with Gasteiger partial charge in [0.15, 0.2) is 0 Å². The number of likely N-dealkylation sites (tertiary alicyclic amines) is 1. The second-order valence-corrected chi connectivity index (χ2v) is 5.69. The minimum Gasteiger partial charge on any atom is -0.480 e. The number of amides is 1. The highest BCUT2D eigenvalue weighted by molar-refractivity contribution is 6.35. The zero-order chi connectivity index (χ0) is 14.7. The third-order valence-corrected chi connectivity index (χ3v) is 4.05. The van der Waals surface area contributed by atoms with Gasteiger partial charge in [-0.25, -0.2) is 4.79 Å². The molecule has 0 radical (unpaired) electrons. The molecule has 20 heavy (non-hydrogen) atoms. The van der Waals surface area contributed by atoms with Gasteiger partial charge in [0.2, 0.25) is 5.91 Å². The maximum absolute atomic E-state index is 12.3. The Labute approximate surface area is 127 Å². The van der Waals surface area contributed by atoms with E-state index in [1.54, 1.807) is 18.2 Å². The number of hydrogen-bond acceptors (Lipinski definition) is 2. The Morgan fingerprint density at radius 3 is 2.70 bits per heavy atom. The van der Waals surface area contributed by atoms with Crippen LogP contribution >= 0.6 is 23.2 Å². The van der Waals surface area contributed by atoms with Crippen molar-refractivity contribution in [1.29, 1.82) is 0 Å². The normalized spacial score (nSPS) is 18.9. The lowest BCUT2D eigenvalue weighted by Gasteiger charge is -2.33. The number of aliphatic carboxylic acids is 1. The van der Waals surface area contributed by atoms with E-state index in [-0.39, 0.29) is 12.3 Å². The molecule has 1 aromatic rings. The number of halogens is 2. The fourth-order valence-corrected chi connectivity index (χ4v) is 2.89. The standard InChI is InChI=1S/C14H15Cl2NO3/c15-10-5-4-9(11(16)8-10)7-13(18)17-6-2-1-3-12(17)14(19)20/h4-5,8,12H,1-3,6-7H2,(H,19,20)/t12-/m0/s1. The van der Waals surface area contributed by atoms with E-state index in [0.29, 0.717) is 28.6 Å². The molecule has 1 aromatic carbocycles. The molecule has 1 amide bonds. The van der Waals surface area contributed by atoms with Crippen molar-refractivity contribution >= 4 is 35.1 Å². The van der Waals surface area contributed by atoms with Gasteiger partial charge in [0.25, 0.3) is 0 Å². The molecule has 1 N–H and O–H groups in total. The Morgan fingerprint density at radius 1 is 1.30 bits per heavy atom. The predicted molar refractivity (Wildman–Crippen MR) is 77.2 cm³/mol. The molecular weight excluding hydrogens is 301 g/mol. The van der Waals surface area contributed by atoms with Crippen LogP contribution in [0, 0.1) is 0 Å². The van der Waals surface area contributed by atoms with E-state index in [2.05, 4.69) is 0 Å². The molecule has 1 aliphatic rings. The second-order valence-electron chi connectivity index (χ2n) is 4.85. The van der Waals surface area contributed by atoms with Crippen molar-refractivity contribution in [2.24, 2.45) is 0 Å². The Kier molecular flexibility index (Phi) is 4.89. The highest BCUT2D eigenvalue weighted by atomic mass is 35.5. The van der Waals surface area contributed by atoms with Crippen molar-refractivity contribution < 1.29 is 14.7 Å². The quantitative estimate of drug-likeness (QED) is 0.932. The molecule has 0 spiro atoms. The van der Waals surface area contributed by atoms with Crippen molar-refractivity contribution in [3.8, 4) is 0 Å². The molecule has 6 heteroatoms. The van der Waals surface area contributed by atoms with Crippen molar-refractivity contribution in [3.63, 3.8) is 0 Å². The number of piperidine rings is 1. The monoisotopic (exact) mass is 315 g/mol. The molecule has 1 atom stereocenters. The third kappa shape index (κ3) is 3.44. The molecular formula is C14H15Cl2NO3. The minimum absolute atomic E-state index is 0.0970. The summed E-state index contributed by atoms with van der Waals surface area (Å²) < 4.78 is 0. The molecule has 1 fully saturated rings. The van der Waals surface area contributed by atoms with Gasteiger partial charge in [0.1, 0.15) is 6.04 Å². The molecule has 2 rings (SSSR count). The number of carboxylic acids is 1. The number of benzene rings is 1. The Morgan fingerprint density at radius 2 is 2.05 bits per heavy atom. The van der Waals surface area contributed by atoms with Gasteiger partial charge in [-0.05, 0) is 37.0 Å². The largest absolute Gasteiger partial charge is 0.480 e. The molecule has 0 aliphatic carbocycles. The number of rotatable bonds is 3. The van der Waals surface area contributed by atoms with Crippen LogP contribution in [0.15, 0.2) is 18.2 Å². The SMILES string of the molecule is O=C(O)[C@@H]1CCCCN1C(=O)Cc1ccc(Cl)cc1Cl. The summed E-state index contributed by atoms with van der Waals surface area (Å²) in [6, 6.07) is 4.22. The lowest BCUT2D eigenvalue weighted by molar-refractivity contribution is -0.151. The van der Waals surface area contributed by atoms with Gasteiger partial charge in [0, 0.05) is 16.6 Å². The molecule has 0 unspecified atom stereocenters. The van der Waals surface area contributed by atoms with Crippen LogP contribution < -0.4 is 0 Å². The van der Waals surface area contributed by atoms with Crippen LogP contribution in [0.1, 0.15) is 24.8 Å². The van der Waals surface area contributed by atoms with Crippen molar-refractivity contribution in [2.45, 2.75) is 31.7 Å². The van der Waals surface area contributed by atoms with Gasteiger partial charge in [-0.1, -0.05) is 29.3 Å². The van der Waals surface area contributed by atoms with Crippen LogP contribution in [0.4, 0.5) is 0 Å². The zero-order valence-corrected chi connectivity index (χ0v) is 12.3. The minimum atomic E-state index is -0.944. The lowest BCUT2D eigenvalue weighted by atomic mass is 10.0. The van der Waals surface area contributed by atoms with E-state index < -0.39 is 12.0 Å². The highest BCUT2D eigenvalue weighted by Crippen LogP contribution is 2.24. The van der Waals surface area contributed by atoms with Gasteiger partial charge >= 0.3 is 5.97 Å². The lowest BCUT2D eigenvalue weighted by Crippen LogP contribution is -2.48.